The Morgan fingerprint density at radius 2 is 1.84 bits per heavy atom. The number of hydrogen-bond donors (Lipinski definition) is 2. The Morgan fingerprint density at radius 3 is 2.32 bits per heavy atom. The third-order valence-electron chi connectivity index (χ3n) is 3.78. The van der Waals surface area contributed by atoms with E-state index in [2.05, 4.69) is 10.6 Å². The Kier molecular flexibility index (Phi) is 5.79. The van der Waals surface area contributed by atoms with Gasteiger partial charge in [-0.25, -0.2) is 0 Å². The van der Waals surface area contributed by atoms with Gasteiger partial charge in [0.15, 0.2) is 0 Å². The van der Waals surface area contributed by atoms with Crippen molar-refractivity contribution in [3.05, 3.63) is 0 Å². The van der Waals surface area contributed by atoms with E-state index in [1.54, 1.807) is 7.05 Å². The summed E-state index contributed by atoms with van der Waals surface area (Å²) in [5, 5.41) is 6.08. The average Bonchev–Trinajstić information content (AvgIpc) is 2.39. The van der Waals surface area contributed by atoms with Crippen LogP contribution in [-0.2, 0) is 9.59 Å². The number of nitrogens with zero attached hydrogens (tertiary/aromatic N) is 1. The molecular weight excluding hydrogens is 242 g/mol. The van der Waals surface area contributed by atoms with Gasteiger partial charge in [-0.1, -0.05) is 6.92 Å². The van der Waals surface area contributed by atoms with Crippen LogP contribution in [0.2, 0.25) is 0 Å². The molecule has 2 amide bonds. The number of hydrogen-bond acceptors (Lipinski definition) is 3. The molecule has 0 saturated carbocycles. The molecule has 0 radical (unpaired) electrons. The Morgan fingerprint density at radius 1 is 1.26 bits per heavy atom. The van der Waals surface area contributed by atoms with Gasteiger partial charge in [-0.15, -0.1) is 0 Å². The van der Waals surface area contributed by atoms with E-state index in [-0.39, 0.29) is 17.9 Å². The van der Waals surface area contributed by atoms with Gasteiger partial charge in [0.2, 0.25) is 11.8 Å². The quantitative estimate of drug-likeness (QED) is 0.779. The van der Waals surface area contributed by atoms with Gasteiger partial charge in [0, 0.05) is 25.6 Å². The molecule has 19 heavy (non-hydrogen) atoms. The molecule has 1 heterocycles. The number of piperidine rings is 1. The molecule has 1 fully saturated rings. The molecule has 1 aliphatic heterocycles. The third kappa shape index (κ3) is 4.49. The molecule has 0 aliphatic carbocycles. The van der Waals surface area contributed by atoms with E-state index in [0.29, 0.717) is 6.42 Å². The predicted octanol–water partition coefficient (Wildman–Crippen LogP) is 0.892. The molecular formula is C14H27N3O2. The van der Waals surface area contributed by atoms with Crippen molar-refractivity contribution >= 4 is 11.8 Å². The topological polar surface area (TPSA) is 61.4 Å². The van der Waals surface area contributed by atoms with Crippen LogP contribution in [0.3, 0.4) is 0 Å². The fourth-order valence-electron chi connectivity index (χ4n) is 2.26. The van der Waals surface area contributed by atoms with Gasteiger partial charge in [-0.2, -0.15) is 0 Å². The van der Waals surface area contributed by atoms with Crippen molar-refractivity contribution in [2.24, 2.45) is 0 Å². The van der Waals surface area contributed by atoms with Gasteiger partial charge >= 0.3 is 0 Å². The van der Waals surface area contributed by atoms with Gasteiger partial charge in [-0.3, -0.25) is 9.59 Å². The first kappa shape index (κ1) is 16.0. The van der Waals surface area contributed by atoms with Crippen molar-refractivity contribution in [3.63, 3.8) is 0 Å². The van der Waals surface area contributed by atoms with Gasteiger partial charge in [0.25, 0.3) is 0 Å². The summed E-state index contributed by atoms with van der Waals surface area (Å²) in [5.41, 5.74) is -0.516. The standard InChI is InChI=1S/C14H27N3O2/c1-5-6-12(18)16-11-7-9-17(10-8-11)13(19)14(2,3)15-4/h11,15H,5-10H2,1-4H3,(H,16,18). The highest BCUT2D eigenvalue weighted by atomic mass is 16.2. The van der Waals surface area contributed by atoms with E-state index < -0.39 is 5.54 Å². The second-order valence-electron chi connectivity index (χ2n) is 5.76. The van der Waals surface area contributed by atoms with Crippen LogP contribution >= 0.6 is 0 Å². The van der Waals surface area contributed by atoms with Crippen molar-refractivity contribution in [3.8, 4) is 0 Å². The second kappa shape index (κ2) is 6.89. The lowest BCUT2D eigenvalue weighted by atomic mass is 9.99. The molecule has 110 valence electrons. The van der Waals surface area contributed by atoms with Gasteiger partial charge < -0.3 is 15.5 Å². The van der Waals surface area contributed by atoms with Gasteiger partial charge in [0.1, 0.15) is 0 Å². The van der Waals surface area contributed by atoms with Crippen LogP contribution in [-0.4, -0.2) is 48.4 Å². The number of likely N-dealkylation sites (N-methyl/N-ethyl adjacent to an activating group) is 1. The molecule has 2 N–H and O–H groups in total. The first-order chi connectivity index (χ1) is 8.90. The van der Waals surface area contributed by atoms with Gasteiger partial charge in [-0.05, 0) is 40.2 Å². The third-order valence-corrected chi connectivity index (χ3v) is 3.78. The lowest BCUT2D eigenvalue weighted by Crippen LogP contribution is -2.56. The van der Waals surface area contributed by atoms with Crippen LogP contribution in [0, 0.1) is 0 Å². The van der Waals surface area contributed by atoms with Crippen LogP contribution < -0.4 is 10.6 Å². The minimum Gasteiger partial charge on any atom is -0.353 e. The zero-order chi connectivity index (χ0) is 14.5. The summed E-state index contributed by atoms with van der Waals surface area (Å²) >= 11 is 0. The summed E-state index contributed by atoms with van der Waals surface area (Å²) in [5.74, 6) is 0.260. The molecule has 0 unspecified atom stereocenters. The summed E-state index contributed by atoms with van der Waals surface area (Å²) in [6.45, 7) is 7.23. The Balaban J connectivity index is 2.41. The molecule has 0 bridgehead atoms. The van der Waals surface area contributed by atoms with Crippen molar-refractivity contribution in [1.82, 2.24) is 15.5 Å². The number of carbonyl (C=O) groups excluding carboxylic acids is 2. The minimum absolute atomic E-state index is 0.128. The lowest BCUT2D eigenvalue weighted by Gasteiger charge is -2.37. The highest BCUT2D eigenvalue weighted by Gasteiger charge is 2.32. The largest absolute Gasteiger partial charge is 0.353 e. The van der Waals surface area contributed by atoms with Gasteiger partial charge in [0.05, 0.1) is 5.54 Å². The molecule has 0 atom stereocenters. The fourth-order valence-corrected chi connectivity index (χ4v) is 2.26. The first-order valence-electron chi connectivity index (χ1n) is 7.18. The lowest BCUT2D eigenvalue weighted by molar-refractivity contribution is -0.138. The molecule has 1 rings (SSSR count). The molecule has 0 aromatic heterocycles. The summed E-state index contributed by atoms with van der Waals surface area (Å²) < 4.78 is 0. The van der Waals surface area contributed by atoms with Crippen molar-refractivity contribution in [2.45, 2.75) is 58.0 Å². The second-order valence-corrected chi connectivity index (χ2v) is 5.76. The summed E-state index contributed by atoms with van der Waals surface area (Å²) in [6.07, 6.45) is 3.16. The number of nitrogens with one attached hydrogen (secondary N) is 2. The number of carbonyl (C=O) groups is 2. The summed E-state index contributed by atoms with van der Waals surface area (Å²) in [4.78, 5) is 25.7. The monoisotopic (exact) mass is 269 g/mol. The molecule has 0 spiro atoms. The van der Waals surface area contributed by atoms with Crippen LogP contribution in [0.5, 0.6) is 0 Å². The Labute approximate surface area is 116 Å². The van der Waals surface area contributed by atoms with E-state index in [9.17, 15) is 9.59 Å². The number of rotatable bonds is 5. The van der Waals surface area contributed by atoms with Crippen molar-refractivity contribution in [1.29, 1.82) is 0 Å². The maximum Gasteiger partial charge on any atom is 0.242 e. The van der Waals surface area contributed by atoms with Crippen LogP contribution in [0.15, 0.2) is 0 Å². The first-order valence-corrected chi connectivity index (χ1v) is 7.18. The molecule has 1 saturated heterocycles. The number of likely N-dealkylation sites (tertiary alicyclic amines) is 1. The highest BCUT2D eigenvalue weighted by Crippen LogP contribution is 2.15. The van der Waals surface area contributed by atoms with E-state index >= 15 is 0 Å². The highest BCUT2D eigenvalue weighted by molar-refractivity contribution is 5.85. The minimum atomic E-state index is -0.516. The SMILES string of the molecule is CCCC(=O)NC1CCN(C(=O)C(C)(C)NC)CC1. The molecule has 0 aromatic rings. The van der Waals surface area contributed by atoms with E-state index in [0.717, 1.165) is 32.4 Å². The van der Waals surface area contributed by atoms with Crippen molar-refractivity contribution in [2.75, 3.05) is 20.1 Å². The zero-order valence-corrected chi connectivity index (χ0v) is 12.6. The van der Waals surface area contributed by atoms with Crippen LogP contribution in [0.4, 0.5) is 0 Å². The van der Waals surface area contributed by atoms with Crippen LogP contribution in [0.25, 0.3) is 0 Å². The smallest absolute Gasteiger partial charge is 0.242 e. The summed E-state index contributed by atoms with van der Waals surface area (Å²) in [7, 11) is 1.80. The maximum atomic E-state index is 12.3. The van der Waals surface area contributed by atoms with Crippen LogP contribution in [0.1, 0.15) is 46.5 Å². The maximum absolute atomic E-state index is 12.3. The zero-order valence-electron chi connectivity index (χ0n) is 12.6. The normalized spacial score (nSPS) is 17.4. The Bertz CT molecular complexity index is 321. The molecule has 5 nitrogen and oxygen atoms in total. The predicted molar refractivity (Wildman–Crippen MR) is 75.8 cm³/mol. The fraction of sp³-hybridized carbons (Fsp3) is 0.857. The molecule has 1 aliphatic rings. The molecule has 5 heteroatoms. The molecule has 0 aromatic carbocycles. The number of amides is 2. The van der Waals surface area contributed by atoms with E-state index in [1.165, 1.54) is 0 Å². The summed E-state index contributed by atoms with van der Waals surface area (Å²) in [6, 6.07) is 0.223. The average molecular weight is 269 g/mol. The van der Waals surface area contributed by atoms with E-state index in [4.69, 9.17) is 0 Å². The van der Waals surface area contributed by atoms with E-state index in [1.807, 2.05) is 25.7 Å². The van der Waals surface area contributed by atoms with Crippen molar-refractivity contribution < 1.29 is 9.59 Å². The Hall–Kier alpha value is -1.10.